The first-order valence-electron chi connectivity index (χ1n) is 12.0. The zero-order valence-corrected chi connectivity index (χ0v) is 19.2. The van der Waals surface area contributed by atoms with E-state index in [1.165, 1.54) is 5.57 Å². The highest BCUT2D eigenvalue weighted by Crippen LogP contribution is 2.68. The van der Waals surface area contributed by atoms with Crippen LogP contribution >= 0.6 is 0 Å². The third kappa shape index (κ3) is 3.36. The number of rotatable bonds is 7. The molecule has 31 heavy (non-hydrogen) atoms. The predicted octanol–water partition coefficient (Wildman–Crippen LogP) is 3.19. The molecule has 0 aromatic carbocycles. The number of aliphatic hydroxyl groups excluding tert-OH is 2. The number of allylic oxidation sites excluding steroid dienone is 1. The molecule has 4 aliphatic rings. The Bertz CT molecular complexity index is 761. The average Bonchev–Trinajstić information content (AvgIpc) is 3.03. The number of ketones is 2. The van der Waals surface area contributed by atoms with Gasteiger partial charge in [-0.25, -0.2) is 0 Å². The number of hydrogen-bond acceptors (Lipinski definition) is 6. The van der Waals surface area contributed by atoms with Crippen LogP contribution in [0.2, 0.25) is 0 Å². The predicted molar refractivity (Wildman–Crippen MR) is 115 cm³/mol. The molecular formula is C25H38O6. The summed E-state index contributed by atoms with van der Waals surface area (Å²) < 4.78 is 11.8. The monoisotopic (exact) mass is 434 g/mol. The molecule has 2 N–H and O–H groups in total. The molecule has 4 aliphatic carbocycles. The van der Waals surface area contributed by atoms with Crippen molar-refractivity contribution in [3.63, 3.8) is 0 Å². The number of ether oxygens (including phenoxy) is 2. The van der Waals surface area contributed by atoms with Gasteiger partial charge in [-0.15, -0.1) is 0 Å². The van der Waals surface area contributed by atoms with E-state index in [0.717, 1.165) is 32.1 Å². The molecule has 174 valence electrons. The molecule has 0 aliphatic heterocycles. The SMILES string of the molecule is CCCOCO[C@]1(C(=O)CO)CC[C@H]2[C@@H]3CCC4=CC(=O)CC[C@]4(C)[C@H]3[C@@H](O)C[C@@]21C. The number of hydrogen-bond donors (Lipinski definition) is 2. The quantitative estimate of drug-likeness (QED) is 0.472. The summed E-state index contributed by atoms with van der Waals surface area (Å²) in [6, 6.07) is 0. The lowest BCUT2D eigenvalue weighted by Gasteiger charge is -2.61. The second kappa shape index (κ2) is 8.36. The average molecular weight is 435 g/mol. The molecule has 0 bridgehead atoms. The molecule has 7 atom stereocenters. The van der Waals surface area contributed by atoms with Crippen LogP contribution in [0.5, 0.6) is 0 Å². The van der Waals surface area contributed by atoms with Gasteiger partial charge in [0.1, 0.15) is 19.0 Å². The summed E-state index contributed by atoms with van der Waals surface area (Å²) in [5.41, 5.74) is -0.626. The number of aliphatic hydroxyl groups is 2. The van der Waals surface area contributed by atoms with E-state index in [9.17, 15) is 19.8 Å². The van der Waals surface area contributed by atoms with E-state index in [2.05, 4.69) is 13.8 Å². The van der Waals surface area contributed by atoms with Crippen LogP contribution < -0.4 is 0 Å². The Morgan fingerprint density at radius 1 is 1.23 bits per heavy atom. The Labute approximate surface area is 185 Å². The smallest absolute Gasteiger partial charge is 0.190 e. The summed E-state index contributed by atoms with van der Waals surface area (Å²) in [4.78, 5) is 25.1. The molecule has 4 rings (SSSR count). The summed E-state index contributed by atoms with van der Waals surface area (Å²) in [5.74, 6) is 0.510. The van der Waals surface area contributed by atoms with Gasteiger partial charge in [0.2, 0.25) is 0 Å². The van der Waals surface area contributed by atoms with Gasteiger partial charge in [-0.2, -0.15) is 0 Å². The van der Waals surface area contributed by atoms with E-state index >= 15 is 0 Å². The molecule has 0 spiro atoms. The van der Waals surface area contributed by atoms with Gasteiger partial charge in [-0.05, 0) is 74.2 Å². The largest absolute Gasteiger partial charge is 0.393 e. The third-order valence-corrected chi connectivity index (χ3v) is 9.35. The van der Waals surface area contributed by atoms with Crippen molar-refractivity contribution in [3.8, 4) is 0 Å². The number of carbonyl (C=O) groups is 2. The lowest BCUT2D eigenvalue weighted by Crippen LogP contribution is -2.63. The van der Waals surface area contributed by atoms with Gasteiger partial charge in [0.05, 0.1) is 6.10 Å². The second-order valence-corrected chi connectivity index (χ2v) is 10.7. The van der Waals surface area contributed by atoms with Crippen LogP contribution in [-0.2, 0) is 19.1 Å². The Kier molecular flexibility index (Phi) is 6.23. The standard InChI is InChI=1S/C25H38O6/c1-4-11-30-15-31-25(21(29)14-26)10-8-19-18-6-5-16-12-17(27)7-9-23(16,2)22(18)20(28)13-24(19,25)3/h12,18-20,22,26,28H,4-11,13-15H2,1-3H3/t18-,19-,20-,22+,23-,24-,25-/m0/s1. The van der Waals surface area contributed by atoms with Gasteiger partial charge in [0.25, 0.3) is 0 Å². The molecule has 3 fully saturated rings. The van der Waals surface area contributed by atoms with Crippen LogP contribution in [0.1, 0.15) is 72.1 Å². The maximum absolute atomic E-state index is 13.1. The zero-order chi connectivity index (χ0) is 22.4. The molecule has 3 saturated carbocycles. The van der Waals surface area contributed by atoms with Gasteiger partial charge in [0, 0.05) is 18.4 Å². The van der Waals surface area contributed by atoms with Crippen molar-refractivity contribution in [2.45, 2.75) is 83.8 Å². The minimum Gasteiger partial charge on any atom is -0.393 e. The van der Waals surface area contributed by atoms with Crippen LogP contribution in [-0.4, -0.2) is 53.5 Å². The minimum atomic E-state index is -1.12. The van der Waals surface area contributed by atoms with Crippen molar-refractivity contribution in [1.82, 2.24) is 0 Å². The van der Waals surface area contributed by atoms with Gasteiger partial charge in [-0.3, -0.25) is 9.59 Å². The zero-order valence-electron chi connectivity index (χ0n) is 19.2. The van der Waals surface area contributed by atoms with E-state index in [1.807, 2.05) is 13.0 Å². The van der Waals surface area contributed by atoms with Gasteiger partial charge in [0.15, 0.2) is 11.6 Å². The van der Waals surface area contributed by atoms with Crippen molar-refractivity contribution in [3.05, 3.63) is 11.6 Å². The summed E-state index contributed by atoms with van der Waals surface area (Å²) in [6.45, 7) is 6.35. The van der Waals surface area contributed by atoms with E-state index < -0.39 is 23.7 Å². The van der Waals surface area contributed by atoms with Gasteiger partial charge < -0.3 is 19.7 Å². The number of carbonyl (C=O) groups excluding carboxylic acids is 2. The van der Waals surface area contributed by atoms with E-state index in [0.29, 0.717) is 25.9 Å². The van der Waals surface area contributed by atoms with Crippen LogP contribution in [0.4, 0.5) is 0 Å². The first-order chi connectivity index (χ1) is 14.7. The van der Waals surface area contributed by atoms with Crippen molar-refractivity contribution in [2.24, 2.45) is 28.6 Å². The molecular weight excluding hydrogens is 396 g/mol. The van der Waals surface area contributed by atoms with E-state index in [1.54, 1.807) is 0 Å². The fourth-order valence-corrected chi connectivity index (χ4v) is 7.92. The molecule has 0 heterocycles. The first kappa shape index (κ1) is 23.1. The van der Waals surface area contributed by atoms with Crippen molar-refractivity contribution in [1.29, 1.82) is 0 Å². The molecule has 0 saturated heterocycles. The summed E-state index contributed by atoms with van der Waals surface area (Å²) in [5, 5.41) is 21.3. The maximum Gasteiger partial charge on any atom is 0.190 e. The second-order valence-electron chi connectivity index (χ2n) is 10.7. The Hall–Kier alpha value is -1.08. The Morgan fingerprint density at radius 2 is 2.00 bits per heavy atom. The topological polar surface area (TPSA) is 93.1 Å². The Balaban J connectivity index is 1.67. The van der Waals surface area contributed by atoms with Crippen molar-refractivity contribution >= 4 is 11.6 Å². The van der Waals surface area contributed by atoms with Crippen LogP contribution in [0.25, 0.3) is 0 Å². The fraction of sp³-hybridized carbons (Fsp3) is 0.840. The van der Waals surface area contributed by atoms with Crippen molar-refractivity contribution < 1.29 is 29.3 Å². The number of fused-ring (bicyclic) bond motifs is 5. The molecule has 0 radical (unpaired) electrons. The summed E-state index contributed by atoms with van der Waals surface area (Å²) in [6.07, 6.45) is 7.13. The normalized spacial score (nSPS) is 44.3. The Morgan fingerprint density at radius 3 is 2.71 bits per heavy atom. The molecule has 0 amide bonds. The maximum atomic E-state index is 13.1. The number of Topliss-reactive ketones (excluding diaryl/α,β-unsaturated/α-hetero) is 1. The summed E-state index contributed by atoms with van der Waals surface area (Å²) in [7, 11) is 0. The lowest BCUT2D eigenvalue weighted by molar-refractivity contribution is -0.219. The molecule has 0 aromatic heterocycles. The van der Waals surface area contributed by atoms with Crippen LogP contribution in [0, 0.1) is 28.6 Å². The highest BCUT2D eigenvalue weighted by molar-refractivity contribution is 5.92. The molecule has 0 aromatic rings. The molecule has 6 heteroatoms. The van der Waals surface area contributed by atoms with Crippen LogP contribution in [0.3, 0.4) is 0 Å². The minimum absolute atomic E-state index is 0.0266. The van der Waals surface area contributed by atoms with E-state index in [4.69, 9.17) is 9.47 Å². The lowest BCUT2D eigenvalue weighted by atomic mass is 9.45. The highest BCUT2D eigenvalue weighted by Gasteiger charge is 2.69. The van der Waals surface area contributed by atoms with E-state index in [-0.39, 0.29) is 41.5 Å². The highest BCUT2D eigenvalue weighted by atomic mass is 16.7. The fourth-order valence-electron chi connectivity index (χ4n) is 7.92. The van der Waals surface area contributed by atoms with Crippen LogP contribution in [0.15, 0.2) is 11.6 Å². The third-order valence-electron chi connectivity index (χ3n) is 9.35. The molecule has 0 unspecified atom stereocenters. The van der Waals surface area contributed by atoms with Gasteiger partial charge in [-0.1, -0.05) is 26.3 Å². The molecule has 6 nitrogen and oxygen atoms in total. The van der Waals surface area contributed by atoms with Crippen molar-refractivity contribution in [2.75, 3.05) is 20.0 Å². The first-order valence-corrected chi connectivity index (χ1v) is 12.0. The van der Waals surface area contributed by atoms with Gasteiger partial charge >= 0.3 is 0 Å². The summed E-state index contributed by atoms with van der Waals surface area (Å²) >= 11 is 0.